The van der Waals surface area contributed by atoms with Crippen molar-refractivity contribution in [2.24, 2.45) is 0 Å². The number of para-hydroxylation sites is 1. The summed E-state index contributed by atoms with van der Waals surface area (Å²) in [5, 5.41) is 13.9. The van der Waals surface area contributed by atoms with Crippen molar-refractivity contribution in [2.75, 3.05) is 5.32 Å². The van der Waals surface area contributed by atoms with Crippen LogP contribution < -0.4 is 36.1 Å². The third-order valence-corrected chi connectivity index (χ3v) is 10.7. The first-order valence-electron chi connectivity index (χ1n) is 20.5. The molecule has 63 heavy (non-hydrogen) atoms. The Morgan fingerprint density at radius 1 is 0.460 bits per heavy atom. The van der Waals surface area contributed by atoms with E-state index in [0.717, 1.165) is 16.7 Å². The summed E-state index contributed by atoms with van der Waals surface area (Å²) in [4.78, 5) is 75.7. The smallest absolute Gasteiger partial charge is 0.244 e. The Morgan fingerprint density at radius 3 is 1.51 bits per heavy atom. The summed E-state index contributed by atoms with van der Waals surface area (Å²) in [7, 11) is 0. The van der Waals surface area contributed by atoms with Gasteiger partial charge in [0.05, 0.1) is 18.3 Å². The molecule has 2 saturated heterocycles. The van der Waals surface area contributed by atoms with Gasteiger partial charge in [-0.3, -0.25) is 38.9 Å². The predicted molar refractivity (Wildman–Crippen MR) is 231 cm³/mol. The second-order valence-electron chi connectivity index (χ2n) is 15.2. The van der Waals surface area contributed by atoms with E-state index < -0.39 is 30.1 Å². The Balaban J connectivity index is 0.000000174. The van der Waals surface area contributed by atoms with E-state index in [1.807, 2.05) is 84.9 Å². The van der Waals surface area contributed by atoms with Crippen molar-refractivity contribution in [2.45, 2.75) is 62.6 Å². The number of ether oxygens (including phenoxy) is 2. The average Bonchev–Trinajstić information content (AvgIpc) is 3.65. The lowest BCUT2D eigenvalue weighted by Gasteiger charge is -2.32. The molecule has 6 heterocycles. The fraction of sp³-hybridized carbons (Fsp3) is 0.208. The van der Waals surface area contributed by atoms with Crippen LogP contribution in [0.4, 0.5) is 5.69 Å². The van der Waals surface area contributed by atoms with Crippen molar-refractivity contribution in [3.05, 3.63) is 180 Å². The molecule has 3 aliphatic heterocycles. The number of piperazine rings is 2. The van der Waals surface area contributed by atoms with E-state index in [4.69, 9.17) is 9.47 Å². The van der Waals surface area contributed by atoms with Gasteiger partial charge in [0.15, 0.2) is 0 Å². The molecule has 3 aromatic carbocycles. The molecule has 0 bridgehead atoms. The molecule has 15 heteroatoms. The van der Waals surface area contributed by atoms with Gasteiger partial charge in [0.1, 0.15) is 48.9 Å². The molecule has 6 aromatic rings. The lowest BCUT2D eigenvalue weighted by Crippen LogP contribution is -2.64. The van der Waals surface area contributed by atoms with Gasteiger partial charge in [-0.25, -0.2) is 0 Å². The third kappa shape index (κ3) is 10.7. The van der Waals surface area contributed by atoms with Gasteiger partial charge in [0.2, 0.25) is 29.5 Å². The molecule has 9 rings (SSSR count). The maximum Gasteiger partial charge on any atom is 0.244 e. The standard InChI is InChI=1S/C25H22N4O4.C23H22N4O3/c30-23-20(12-16-10-11-17(13-26-16)33-14-15-6-2-1-3-7-15)28-25(32)22(29-23)21-18-8-4-5-9-19(18)27-24(21)31;28-22-20(11-17-7-4-10-24-13-17)26-23(29)21(27-22)12-18-8-9-19(14-25-18)30-15-16-5-2-1-3-6-16/h1-11,13,20-22H,12,14H2,(H,27,31)(H,28,32)(H,29,30);1-10,13-14,20-21H,11-12,15H2,(H,26,29)(H,27,28). The van der Waals surface area contributed by atoms with Crippen molar-refractivity contribution in [3.8, 4) is 11.5 Å². The van der Waals surface area contributed by atoms with E-state index in [1.54, 1.807) is 61.2 Å². The molecule has 0 saturated carbocycles. The van der Waals surface area contributed by atoms with Crippen LogP contribution >= 0.6 is 0 Å². The van der Waals surface area contributed by atoms with Gasteiger partial charge in [-0.05, 0) is 58.7 Å². The number of nitrogens with zero attached hydrogens (tertiary/aromatic N) is 3. The van der Waals surface area contributed by atoms with E-state index in [-0.39, 0.29) is 36.0 Å². The van der Waals surface area contributed by atoms with Crippen molar-refractivity contribution >= 4 is 35.2 Å². The van der Waals surface area contributed by atoms with Crippen molar-refractivity contribution in [1.29, 1.82) is 0 Å². The molecule has 3 aliphatic rings. The maximum atomic E-state index is 12.8. The summed E-state index contributed by atoms with van der Waals surface area (Å²) in [5.41, 5.74) is 5.73. The second kappa shape index (κ2) is 19.6. The summed E-state index contributed by atoms with van der Waals surface area (Å²) < 4.78 is 11.5. The zero-order valence-electron chi connectivity index (χ0n) is 34.0. The molecule has 318 valence electrons. The third-order valence-electron chi connectivity index (χ3n) is 10.7. The Morgan fingerprint density at radius 2 is 0.968 bits per heavy atom. The van der Waals surface area contributed by atoms with Crippen LogP contribution in [0.15, 0.2) is 146 Å². The lowest BCUT2D eigenvalue weighted by atomic mass is 9.90. The minimum Gasteiger partial charge on any atom is -0.487 e. The van der Waals surface area contributed by atoms with Gasteiger partial charge in [0, 0.05) is 48.7 Å². The average molecular weight is 845 g/mol. The molecule has 15 nitrogen and oxygen atoms in total. The summed E-state index contributed by atoms with van der Waals surface area (Å²) in [5.74, 6) is -0.946. The number of pyridine rings is 3. The highest BCUT2D eigenvalue weighted by Gasteiger charge is 2.45. The van der Waals surface area contributed by atoms with Crippen molar-refractivity contribution < 1.29 is 33.4 Å². The largest absolute Gasteiger partial charge is 0.487 e. The molecular weight excluding hydrogens is 801 g/mol. The quantitative estimate of drug-likeness (QED) is 0.114. The summed E-state index contributed by atoms with van der Waals surface area (Å²) in [6.45, 7) is 0.892. The molecule has 5 atom stereocenters. The van der Waals surface area contributed by atoms with Crippen molar-refractivity contribution in [3.63, 3.8) is 0 Å². The molecule has 0 aliphatic carbocycles. The van der Waals surface area contributed by atoms with E-state index >= 15 is 0 Å². The molecule has 5 N–H and O–H groups in total. The number of hydrogen-bond acceptors (Lipinski definition) is 10. The Bertz CT molecular complexity index is 2550. The number of aromatic nitrogens is 3. The van der Waals surface area contributed by atoms with E-state index in [9.17, 15) is 24.0 Å². The van der Waals surface area contributed by atoms with Gasteiger partial charge >= 0.3 is 0 Å². The second-order valence-corrected chi connectivity index (χ2v) is 15.2. The highest BCUT2D eigenvalue weighted by atomic mass is 16.5. The molecule has 0 spiro atoms. The Labute approximate surface area is 363 Å². The maximum absolute atomic E-state index is 12.8. The predicted octanol–water partition coefficient (Wildman–Crippen LogP) is 3.75. The number of hydrogen-bond donors (Lipinski definition) is 5. The lowest BCUT2D eigenvalue weighted by molar-refractivity contribution is -0.138. The number of nitrogens with one attached hydrogen (secondary N) is 5. The molecule has 5 unspecified atom stereocenters. The van der Waals surface area contributed by atoms with Crippen LogP contribution in [-0.4, -0.2) is 68.7 Å². The SMILES string of the molecule is O=C1NC(C2C(=O)Nc3ccccc32)C(=O)NC1Cc1ccc(OCc2ccccc2)cn1.O=C1NC(Cc2ccc(OCc3ccccc3)cn2)C(=O)NC1Cc1cccnc1. The molecule has 2 fully saturated rings. The normalized spacial score (nSPS) is 20.1. The minimum absolute atomic E-state index is 0.203. The monoisotopic (exact) mass is 844 g/mol. The van der Waals surface area contributed by atoms with Gasteiger partial charge in [0.25, 0.3) is 0 Å². The number of carbonyl (C=O) groups excluding carboxylic acids is 5. The van der Waals surface area contributed by atoms with Crippen LogP contribution in [-0.2, 0) is 56.4 Å². The van der Waals surface area contributed by atoms with E-state index in [0.29, 0.717) is 60.2 Å². The highest BCUT2D eigenvalue weighted by Crippen LogP contribution is 2.35. The minimum atomic E-state index is -0.959. The van der Waals surface area contributed by atoms with Crippen LogP contribution in [0.1, 0.15) is 39.6 Å². The summed E-state index contributed by atoms with van der Waals surface area (Å²) in [6, 6.07) is 34.7. The van der Waals surface area contributed by atoms with Gasteiger partial charge in [-0.2, -0.15) is 0 Å². The van der Waals surface area contributed by atoms with E-state index in [1.165, 1.54) is 0 Å². The van der Waals surface area contributed by atoms with Crippen LogP contribution in [0.2, 0.25) is 0 Å². The van der Waals surface area contributed by atoms with Crippen LogP contribution in [0, 0.1) is 0 Å². The van der Waals surface area contributed by atoms with Crippen LogP contribution in [0.3, 0.4) is 0 Å². The highest BCUT2D eigenvalue weighted by molar-refractivity contribution is 6.09. The Hall–Kier alpha value is -7.94. The number of anilines is 1. The number of rotatable bonds is 13. The van der Waals surface area contributed by atoms with Gasteiger partial charge < -0.3 is 36.1 Å². The summed E-state index contributed by atoms with van der Waals surface area (Å²) >= 11 is 0. The number of amides is 5. The van der Waals surface area contributed by atoms with Gasteiger partial charge in [-0.15, -0.1) is 0 Å². The molecule has 5 amide bonds. The first-order valence-corrected chi connectivity index (χ1v) is 20.5. The topological polar surface area (TPSA) is 203 Å². The van der Waals surface area contributed by atoms with E-state index in [2.05, 4.69) is 41.5 Å². The van der Waals surface area contributed by atoms with Crippen LogP contribution in [0.25, 0.3) is 0 Å². The van der Waals surface area contributed by atoms with Gasteiger partial charge in [-0.1, -0.05) is 84.9 Å². The van der Waals surface area contributed by atoms with Crippen LogP contribution in [0.5, 0.6) is 11.5 Å². The first-order chi connectivity index (χ1) is 30.8. The number of benzene rings is 3. The molecular formula is C48H44N8O7. The number of carbonyl (C=O) groups is 5. The summed E-state index contributed by atoms with van der Waals surface area (Å²) in [6.07, 6.45) is 7.55. The Kier molecular flexibility index (Phi) is 13.0. The first kappa shape index (κ1) is 41.8. The fourth-order valence-electron chi connectivity index (χ4n) is 7.44. The zero-order valence-corrected chi connectivity index (χ0v) is 34.0. The fourth-order valence-corrected chi connectivity index (χ4v) is 7.44. The molecule has 0 radical (unpaired) electrons. The molecule has 3 aromatic heterocycles. The zero-order chi connectivity index (χ0) is 43.5. The van der Waals surface area contributed by atoms with Crippen molar-refractivity contribution in [1.82, 2.24) is 36.2 Å². The number of fused-ring (bicyclic) bond motifs is 1.